The minimum absolute atomic E-state index is 0.126. The number of rotatable bonds is 7. The molecule has 2 heterocycles. The summed E-state index contributed by atoms with van der Waals surface area (Å²) in [6.07, 6.45) is 2.07. The van der Waals surface area contributed by atoms with E-state index in [0.29, 0.717) is 11.5 Å². The molecule has 26 heavy (non-hydrogen) atoms. The number of hydrogen-bond donors (Lipinski definition) is 3. The van der Waals surface area contributed by atoms with Gasteiger partial charge in [0.05, 0.1) is 6.42 Å². The Hall–Kier alpha value is -3.55. The van der Waals surface area contributed by atoms with Gasteiger partial charge in [0, 0.05) is 19.2 Å². The fourth-order valence-electron chi connectivity index (χ4n) is 2.28. The number of H-pyrrole nitrogens is 1. The maximum absolute atomic E-state index is 11.9. The van der Waals surface area contributed by atoms with E-state index in [1.54, 1.807) is 18.3 Å². The monoisotopic (exact) mass is 350 g/mol. The largest absolute Gasteiger partial charge is 0.355 e. The minimum atomic E-state index is -0.281. The number of carbonyl (C=O) groups excluding carboxylic acids is 2. The molecule has 0 unspecified atom stereocenters. The molecule has 132 valence electrons. The molecule has 8 nitrogen and oxygen atoms in total. The Morgan fingerprint density at radius 2 is 1.81 bits per heavy atom. The van der Waals surface area contributed by atoms with Gasteiger partial charge in [0.15, 0.2) is 5.82 Å². The average Bonchev–Trinajstić information content (AvgIpc) is 3.11. The van der Waals surface area contributed by atoms with Crippen LogP contribution in [0.3, 0.4) is 0 Å². The second-order valence-corrected chi connectivity index (χ2v) is 5.53. The van der Waals surface area contributed by atoms with Crippen molar-refractivity contribution in [2.24, 2.45) is 0 Å². The maximum atomic E-state index is 11.9. The van der Waals surface area contributed by atoms with Gasteiger partial charge in [0.25, 0.3) is 0 Å². The molecular formula is C18H18N6O2. The molecule has 3 N–H and O–H groups in total. The summed E-state index contributed by atoms with van der Waals surface area (Å²) in [7, 11) is 0. The van der Waals surface area contributed by atoms with Gasteiger partial charge < -0.3 is 5.32 Å². The lowest BCUT2D eigenvalue weighted by Crippen LogP contribution is -2.29. The summed E-state index contributed by atoms with van der Waals surface area (Å²) in [6, 6.07) is 14.8. The van der Waals surface area contributed by atoms with E-state index < -0.39 is 0 Å². The Bertz CT molecular complexity index is 864. The number of nitrogens with one attached hydrogen (secondary N) is 3. The van der Waals surface area contributed by atoms with Crippen LogP contribution in [0.5, 0.6) is 0 Å². The maximum Gasteiger partial charge on any atom is 0.249 e. The predicted octanol–water partition coefficient (Wildman–Crippen LogP) is 1.55. The normalized spacial score (nSPS) is 10.3. The Morgan fingerprint density at radius 1 is 1.00 bits per heavy atom. The number of anilines is 1. The summed E-state index contributed by atoms with van der Waals surface area (Å²) in [4.78, 5) is 32.1. The number of carbonyl (C=O) groups is 2. The third-order valence-corrected chi connectivity index (χ3v) is 3.53. The van der Waals surface area contributed by atoms with Crippen LogP contribution in [0.15, 0.2) is 54.7 Å². The van der Waals surface area contributed by atoms with Crippen LogP contribution in [0.25, 0.3) is 11.5 Å². The second kappa shape index (κ2) is 8.52. The molecule has 8 heteroatoms. The lowest BCUT2D eigenvalue weighted by atomic mass is 10.1. The van der Waals surface area contributed by atoms with Crippen molar-refractivity contribution in [2.45, 2.75) is 12.8 Å². The molecule has 1 aromatic carbocycles. The van der Waals surface area contributed by atoms with Crippen LogP contribution in [-0.2, 0) is 16.0 Å². The van der Waals surface area contributed by atoms with Gasteiger partial charge in [0.1, 0.15) is 5.69 Å². The van der Waals surface area contributed by atoms with Crippen molar-refractivity contribution < 1.29 is 9.59 Å². The molecule has 0 fully saturated rings. The first kappa shape index (κ1) is 17.3. The molecule has 3 aromatic rings. The first-order valence-electron chi connectivity index (χ1n) is 8.15. The van der Waals surface area contributed by atoms with E-state index >= 15 is 0 Å². The number of pyridine rings is 1. The summed E-state index contributed by atoms with van der Waals surface area (Å²) in [5.74, 6) is 0.235. The number of nitrogens with zero attached hydrogens (tertiary/aromatic N) is 3. The summed E-state index contributed by atoms with van der Waals surface area (Å²) in [5, 5.41) is 12.0. The van der Waals surface area contributed by atoms with Gasteiger partial charge in [0.2, 0.25) is 17.8 Å². The molecule has 2 amide bonds. The molecule has 0 aliphatic carbocycles. The molecule has 0 saturated carbocycles. The van der Waals surface area contributed by atoms with E-state index in [9.17, 15) is 9.59 Å². The third-order valence-electron chi connectivity index (χ3n) is 3.53. The van der Waals surface area contributed by atoms with Crippen molar-refractivity contribution in [3.8, 4) is 11.5 Å². The van der Waals surface area contributed by atoms with Crippen molar-refractivity contribution >= 4 is 17.8 Å². The SMILES string of the molecule is O=C(Cc1ccccc1)NCCC(=O)Nc1n[nH]c(-c2ccccn2)n1. The molecular weight excluding hydrogens is 332 g/mol. The first-order valence-corrected chi connectivity index (χ1v) is 8.15. The number of benzene rings is 1. The average molecular weight is 350 g/mol. The Kier molecular flexibility index (Phi) is 5.66. The van der Waals surface area contributed by atoms with Gasteiger partial charge in [-0.3, -0.25) is 25.0 Å². The Morgan fingerprint density at radius 3 is 2.58 bits per heavy atom. The molecule has 2 aromatic heterocycles. The topological polar surface area (TPSA) is 113 Å². The molecule has 0 aliphatic heterocycles. The van der Waals surface area contributed by atoms with Gasteiger partial charge in [-0.25, -0.2) is 0 Å². The van der Waals surface area contributed by atoms with Gasteiger partial charge in [-0.1, -0.05) is 36.4 Å². The van der Waals surface area contributed by atoms with Gasteiger partial charge in [-0.2, -0.15) is 4.98 Å². The molecule has 0 spiro atoms. The van der Waals surface area contributed by atoms with Crippen molar-refractivity contribution in [3.63, 3.8) is 0 Å². The van der Waals surface area contributed by atoms with Gasteiger partial charge in [-0.15, -0.1) is 5.10 Å². The van der Waals surface area contributed by atoms with E-state index in [1.807, 2.05) is 36.4 Å². The zero-order valence-electron chi connectivity index (χ0n) is 14.0. The van der Waals surface area contributed by atoms with E-state index in [0.717, 1.165) is 5.56 Å². The highest BCUT2D eigenvalue weighted by Crippen LogP contribution is 2.11. The second-order valence-electron chi connectivity index (χ2n) is 5.53. The Balaban J connectivity index is 1.42. The molecule has 0 bridgehead atoms. The van der Waals surface area contributed by atoms with E-state index in [4.69, 9.17) is 0 Å². The summed E-state index contributed by atoms with van der Waals surface area (Å²) >= 11 is 0. The lowest BCUT2D eigenvalue weighted by Gasteiger charge is -2.05. The highest BCUT2D eigenvalue weighted by atomic mass is 16.2. The highest BCUT2D eigenvalue weighted by molar-refractivity contribution is 5.89. The zero-order chi connectivity index (χ0) is 18.2. The van der Waals surface area contributed by atoms with Crippen molar-refractivity contribution in [3.05, 3.63) is 60.3 Å². The fourth-order valence-corrected chi connectivity index (χ4v) is 2.28. The lowest BCUT2D eigenvalue weighted by molar-refractivity contribution is -0.120. The smallest absolute Gasteiger partial charge is 0.249 e. The summed E-state index contributed by atoms with van der Waals surface area (Å²) in [5.41, 5.74) is 1.56. The van der Waals surface area contributed by atoms with E-state index in [-0.39, 0.29) is 37.1 Å². The number of aromatic nitrogens is 4. The summed E-state index contributed by atoms with van der Waals surface area (Å²) in [6.45, 7) is 0.245. The summed E-state index contributed by atoms with van der Waals surface area (Å²) < 4.78 is 0. The van der Waals surface area contributed by atoms with Crippen LogP contribution in [-0.4, -0.2) is 38.5 Å². The fraction of sp³-hybridized carbons (Fsp3) is 0.167. The van der Waals surface area contributed by atoms with Crippen LogP contribution in [0.4, 0.5) is 5.95 Å². The number of aromatic amines is 1. The molecule has 3 rings (SSSR count). The molecule has 0 saturated heterocycles. The van der Waals surface area contributed by atoms with Crippen LogP contribution in [0.2, 0.25) is 0 Å². The first-order chi connectivity index (χ1) is 12.7. The molecule has 0 radical (unpaired) electrons. The van der Waals surface area contributed by atoms with Gasteiger partial charge >= 0.3 is 0 Å². The van der Waals surface area contributed by atoms with Gasteiger partial charge in [-0.05, 0) is 17.7 Å². The van der Waals surface area contributed by atoms with Crippen LogP contribution < -0.4 is 10.6 Å². The highest BCUT2D eigenvalue weighted by Gasteiger charge is 2.10. The number of hydrogen-bond acceptors (Lipinski definition) is 5. The standard InChI is InChI=1S/C18H18N6O2/c25-15(9-11-20-16(26)12-13-6-2-1-3-7-13)21-18-22-17(23-24-18)14-8-4-5-10-19-14/h1-8,10H,9,11-12H2,(H,20,26)(H2,21,22,23,24,25). The van der Waals surface area contributed by atoms with E-state index in [1.165, 1.54) is 0 Å². The predicted molar refractivity (Wildman–Crippen MR) is 96.0 cm³/mol. The van der Waals surface area contributed by atoms with Crippen LogP contribution in [0, 0.1) is 0 Å². The quantitative estimate of drug-likeness (QED) is 0.598. The molecule has 0 aliphatic rings. The molecule has 0 atom stereocenters. The minimum Gasteiger partial charge on any atom is -0.355 e. The third kappa shape index (κ3) is 4.97. The van der Waals surface area contributed by atoms with Crippen LogP contribution in [0.1, 0.15) is 12.0 Å². The Labute approximate surface area is 150 Å². The van der Waals surface area contributed by atoms with Crippen molar-refractivity contribution in [1.29, 1.82) is 0 Å². The zero-order valence-corrected chi connectivity index (χ0v) is 14.0. The van der Waals surface area contributed by atoms with Crippen LogP contribution >= 0.6 is 0 Å². The van der Waals surface area contributed by atoms with Crippen molar-refractivity contribution in [2.75, 3.05) is 11.9 Å². The van der Waals surface area contributed by atoms with E-state index in [2.05, 4.69) is 30.8 Å². The van der Waals surface area contributed by atoms with Crippen molar-refractivity contribution in [1.82, 2.24) is 25.5 Å². The number of amides is 2.